The van der Waals surface area contributed by atoms with Gasteiger partial charge in [0.2, 0.25) is 0 Å². The van der Waals surface area contributed by atoms with Crippen molar-refractivity contribution in [2.75, 3.05) is 4.90 Å². The minimum Gasteiger partial charge on any atom is -0.310 e. The van der Waals surface area contributed by atoms with Crippen molar-refractivity contribution in [2.24, 2.45) is 5.92 Å². The Bertz CT molecular complexity index is 1990. The summed E-state index contributed by atoms with van der Waals surface area (Å²) in [5, 5.41) is 20.1. The fourth-order valence-electron chi connectivity index (χ4n) is 7.05. The lowest BCUT2D eigenvalue weighted by atomic mass is 9.69. The minimum absolute atomic E-state index is 0.0765. The first-order chi connectivity index (χ1) is 22.0. The first-order valence-corrected chi connectivity index (χ1v) is 15.8. The smallest absolute Gasteiger partial charge is 0.101 e. The van der Waals surface area contributed by atoms with Crippen molar-refractivity contribution in [2.45, 2.75) is 45.4 Å². The number of anilines is 3. The lowest BCUT2D eigenvalue weighted by molar-refractivity contribution is 0.662. The number of aryl methyl sites for hydroxylation is 3. The summed E-state index contributed by atoms with van der Waals surface area (Å²) in [6.07, 6.45) is 15.5. The molecule has 2 atom stereocenters. The van der Waals surface area contributed by atoms with Gasteiger partial charge in [-0.3, -0.25) is 0 Å². The van der Waals surface area contributed by atoms with Crippen LogP contribution in [0.4, 0.5) is 17.1 Å². The Hall–Kier alpha value is -5.38. The standard InChI is InChI=1S/C42H35N3/c1-28-7-16-34(17-8-28)45(36-20-15-32-5-3-4-6-33(32)25-36)35-18-12-30(13-19-35)10-11-31-14-22-38-37-21-9-29(2)23-39(37)41(26-43)42(27-44)40(38)24-31/h7-25,37,39H,3-6H2,1-2H3. The van der Waals surface area contributed by atoms with E-state index in [2.05, 4.69) is 139 Å². The van der Waals surface area contributed by atoms with Crippen molar-refractivity contribution in [3.05, 3.63) is 153 Å². The van der Waals surface area contributed by atoms with E-state index in [9.17, 15) is 10.5 Å². The van der Waals surface area contributed by atoms with E-state index in [0.717, 1.165) is 45.6 Å². The molecule has 0 aliphatic heterocycles. The molecule has 218 valence electrons. The molecule has 0 fully saturated rings. The van der Waals surface area contributed by atoms with E-state index in [1.54, 1.807) is 0 Å². The van der Waals surface area contributed by atoms with Crippen molar-refractivity contribution in [1.29, 1.82) is 10.5 Å². The van der Waals surface area contributed by atoms with E-state index in [1.807, 2.05) is 6.92 Å². The number of nitriles is 2. The van der Waals surface area contributed by atoms with Gasteiger partial charge >= 0.3 is 0 Å². The molecule has 3 nitrogen and oxygen atoms in total. The second kappa shape index (κ2) is 12.0. The van der Waals surface area contributed by atoms with Crippen LogP contribution in [-0.4, -0.2) is 0 Å². The highest BCUT2D eigenvalue weighted by Gasteiger charge is 2.34. The lowest BCUT2D eigenvalue weighted by Gasteiger charge is -2.32. The molecule has 3 heteroatoms. The van der Waals surface area contributed by atoms with Crippen molar-refractivity contribution in [1.82, 2.24) is 0 Å². The number of allylic oxidation sites excluding steroid dienone is 6. The molecule has 0 bridgehead atoms. The van der Waals surface area contributed by atoms with Crippen LogP contribution in [0.25, 0.3) is 17.7 Å². The zero-order valence-electron chi connectivity index (χ0n) is 25.8. The highest BCUT2D eigenvalue weighted by molar-refractivity contribution is 5.88. The van der Waals surface area contributed by atoms with Crippen molar-refractivity contribution in [3.63, 3.8) is 0 Å². The van der Waals surface area contributed by atoms with Crippen LogP contribution in [0.5, 0.6) is 0 Å². The van der Waals surface area contributed by atoms with E-state index >= 15 is 0 Å². The summed E-state index contributed by atoms with van der Waals surface area (Å²) in [7, 11) is 0. The van der Waals surface area contributed by atoms with Crippen LogP contribution in [0.3, 0.4) is 0 Å². The predicted octanol–water partition coefficient (Wildman–Crippen LogP) is 10.5. The van der Waals surface area contributed by atoms with E-state index < -0.39 is 0 Å². The highest BCUT2D eigenvalue weighted by atomic mass is 15.1. The van der Waals surface area contributed by atoms with Gasteiger partial charge in [-0.15, -0.1) is 0 Å². The van der Waals surface area contributed by atoms with Crippen LogP contribution in [-0.2, 0) is 12.8 Å². The Kier molecular flexibility index (Phi) is 7.54. The fourth-order valence-corrected chi connectivity index (χ4v) is 7.05. The molecule has 0 radical (unpaired) electrons. The van der Waals surface area contributed by atoms with Crippen molar-refractivity contribution in [3.8, 4) is 12.1 Å². The van der Waals surface area contributed by atoms with Crippen LogP contribution in [0.1, 0.15) is 64.6 Å². The third-order valence-electron chi connectivity index (χ3n) is 9.44. The summed E-state index contributed by atoms with van der Waals surface area (Å²) in [4.78, 5) is 2.34. The Balaban J connectivity index is 1.19. The molecule has 0 saturated heterocycles. The van der Waals surface area contributed by atoms with Gasteiger partial charge < -0.3 is 4.90 Å². The third-order valence-corrected chi connectivity index (χ3v) is 9.44. The van der Waals surface area contributed by atoms with Crippen molar-refractivity contribution < 1.29 is 0 Å². The van der Waals surface area contributed by atoms with E-state index in [0.29, 0.717) is 11.1 Å². The van der Waals surface area contributed by atoms with Crippen LogP contribution < -0.4 is 4.90 Å². The molecule has 0 heterocycles. The molecule has 0 amide bonds. The summed E-state index contributed by atoms with van der Waals surface area (Å²) in [6.45, 7) is 4.16. The fraction of sp³-hybridized carbons (Fsp3) is 0.190. The molecule has 0 saturated carbocycles. The van der Waals surface area contributed by atoms with Crippen LogP contribution >= 0.6 is 0 Å². The number of hydrogen-bond donors (Lipinski definition) is 0. The van der Waals surface area contributed by atoms with Gasteiger partial charge in [-0.25, -0.2) is 0 Å². The summed E-state index contributed by atoms with van der Waals surface area (Å²) < 4.78 is 0. The largest absolute Gasteiger partial charge is 0.310 e. The second-order valence-corrected chi connectivity index (χ2v) is 12.4. The normalized spacial score (nSPS) is 18.4. The van der Waals surface area contributed by atoms with Crippen LogP contribution in [0, 0.1) is 35.5 Å². The summed E-state index contributed by atoms with van der Waals surface area (Å²) in [5.41, 5.74) is 13.9. The first kappa shape index (κ1) is 28.4. The monoisotopic (exact) mass is 581 g/mol. The quantitative estimate of drug-likeness (QED) is 0.220. The maximum absolute atomic E-state index is 10.1. The van der Waals surface area contributed by atoms with Crippen molar-refractivity contribution >= 4 is 34.8 Å². The average Bonchev–Trinajstić information content (AvgIpc) is 3.08. The predicted molar refractivity (Wildman–Crippen MR) is 185 cm³/mol. The molecule has 3 aliphatic carbocycles. The Morgan fingerprint density at radius 2 is 1.36 bits per heavy atom. The molecule has 0 spiro atoms. The Labute approximate surface area is 266 Å². The van der Waals surface area contributed by atoms with E-state index in [-0.39, 0.29) is 11.8 Å². The van der Waals surface area contributed by atoms with E-state index in [1.165, 1.54) is 41.6 Å². The first-order valence-electron chi connectivity index (χ1n) is 15.8. The van der Waals surface area contributed by atoms with Gasteiger partial charge in [0.05, 0.1) is 17.2 Å². The number of fused-ring (bicyclic) bond motifs is 4. The Morgan fingerprint density at radius 1 is 0.689 bits per heavy atom. The molecular formula is C42H35N3. The molecule has 4 aromatic carbocycles. The number of benzene rings is 4. The zero-order chi connectivity index (χ0) is 30.9. The third kappa shape index (κ3) is 5.43. The van der Waals surface area contributed by atoms with Crippen LogP contribution in [0.2, 0.25) is 0 Å². The maximum Gasteiger partial charge on any atom is 0.101 e. The number of hydrogen-bond acceptors (Lipinski definition) is 3. The number of rotatable bonds is 5. The zero-order valence-corrected chi connectivity index (χ0v) is 25.8. The summed E-state index contributed by atoms with van der Waals surface area (Å²) >= 11 is 0. The minimum atomic E-state index is -0.0807. The van der Waals surface area contributed by atoms with E-state index in [4.69, 9.17) is 0 Å². The lowest BCUT2D eigenvalue weighted by Crippen LogP contribution is -2.21. The molecule has 0 N–H and O–H groups in total. The molecule has 0 aromatic heterocycles. The molecular weight excluding hydrogens is 546 g/mol. The SMILES string of the molecule is CC1=CC2C(C#N)=C(C#N)c3cc(C=Cc4ccc(N(c5ccc(C)cc5)c5ccc6c(c5)CCCC6)cc4)ccc3C2C=C1. The van der Waals surface area contributed by atoms with Crippen LogP contribution in [0.15, 0.2) is 114 Å². The summed E-state index contributed by atoms with van der Waals surface area (Å²) in [5.74, 6) is -0.00421. The molecule has 3 aliphatic rings. The van der Waals surface area contributed by atoms with Gasteiger partial charge in [-0.1, -0.05) is 84.0 Å². The van der Waals surface area contributed by atoms with Gasteiger partial charge in [-0.05, 0) is 115 Å². The maximum atomic E-state index is 10.1. The molecule has 7 rings (SSSR count). The molecule has 2 unspecified atom stereocenters. The van der Waals surface area contributed by atoms with Gasteiger partial charge in [0.25, 0.3) is 0 Å². The molecule has 4 aromatic rings. The molecule has 45 heavy (non-hydrogen) atoms. The second-order valence-electron chi connectivity index (χ2n) is 12.4. The van der Waals surface area contributed by atoms with Gasteiger partial charge in [0, 0.05) is 28.9 Å². The van der Waals surface area contributed by atoms with Gasteiger partial charge in [-0.2, -0.15) is 10.5 Å². The average molecular weight is 582 g/mol. The number of nitrogens with zero attached hydrogens (tertiary/aromatic N) is 3. The topological polar surface area (TPSA) is 50.8 Å². The van der Waals surface area contributed by atoms with Gasteiger partial charge in [0.1, 0.15) is 6.07 Å². The highest BCUT2D eigenvalue weighted by Crippen LogP contribution is 2.46. The summed E-state index contributed by atoms with van der Waals surface area (Å²) in [6, 6.07) is 35.4. The Morgan fingerprint density at radius 3 is 2.09 bits per heavy atom. The van der Waals surface area contributed by atoms with Gasteiger partial charge in [0.15, 0.2) is 0 Å².